The number of nitrogens with one attached hydrogen (secondary N) is 1. The van der Waals surface area contributed by atoms with Crippen LogP contribution in [-0.4, -0.2) is 86.3 Å². The maximum atomic E-state index is 12.8. The number of likely N-dealkylation sites (tertiary alicyclic amines) is 1. The minimum Gasteiger partial charge on any atom is -0.492 e. The van der Waals surface area contributed by atoms with Gasteiger partial charge in [0.2, 0.25) is 0 Å². The van der Waals surface area contributed by atoms with E-state index in [1.165, 1.54) is 5.56 Å². The number of fused-ring (bicyclic) bond motifs is 1. The van der Waals surface area contributed by atoms with Crippen molar-refractivity contribution in [2.45, 2.75) is 58.2 Å². The van der Waals surface area contributed by atoms with E-state index in [9.17, 15) is 9.59 Å². The third kappa shape index (κ3) is 8.61. The molecule has 45 heavy (non-hydrogen) atoms. The standard InChI is InChI=1S/C33H43N7O5/c1-3-4-17-45-32-36-30(34)29-31(37-32)40(33(43)35-29)22-24-10-8-23(9-11-24)21-38(2)26-12-14-39(15-13-26)16-18-44-27-7-5-6-25(19-27)20-28(41)42/h5-11,19,26H,3-4,12-18,20-22H2,1-2H3,(H,35,43)(H,41,42)(H2,34,36,37). The van der Waals surface area contributed by atoms with Crippen molar-refractivity contribution < 1.29 is 19.4 Å². The van der Waals surface area contributed by atoms with Gasteiger partial charge in [-0.3, -0.25) is 19.2 Å². The first-order chi connectivity index (χ1) is 21.8. The second-order valence-electron chi connectivity index (χ2n) is 11.7. The number of nitrogen functional groups attached to an aromatic ring is 1. The molecule has 12 nitrogen and oxygen atoms in total. The molecule has 0 saturated carbocycles. The molecule has 3 heterocycles. The molecule has 0 bridgehead atoms. The van der Waals surface area contributed by atoms with Crippen LogP contribution in [0.1, 0.15) is 49.3 Å². The number of carboxylic acids is 1. The Morgan fingerprint density at radius 3 is 2.56 bits per heavy atom. The van der Waals surface area contributed by atoms with Crippen LogP contribution in [0.15, 0.2) is 53.3 Å². The highest BCUT2D eigenvalue weighted by molar-refractivity contribution is 5.82. The van der Waals surface area contributed by atoms with Crippen LogP contribution < -0.4 is 20.9 Å². The van der Waals surface area contributed by atoms with Crippen molar-refractivity contribution in [3.63, 3.8) is 0 Å². The van der Waals surface area contributed by atoms with Gasteiger partial charge < -0.3 is 25.3 Å². The Kier molecular flexibility index (Phi) is 10.7. The van der Waals surface area contributed by atoms with Gasteiger partial charge in [0.15, 0.2) is 11.5 Å². The van der Waals surface area contributed by atoms with Gasteiger partial charge in [-0.15, -0.1) is 0 Å². The maximum Gasteiger partial charge on any atom is 0.328 e. The van der Waals surface area contributed by atoms with Crippen molar-refractivity contribution >= 4 is 23.0 Å². The molecule has 4 aromatic rings. The van der Waals surface area contributed by atoms with E-state index in [4.69, 9.17) is 20.3 Å². The summed E-state index contributed by atoms with van der Waals surface area (Å²) in [6, 6.07) is 16.3. The molecule has 4 N–H and O–H groups in total. The Bertz CT molecular complexity index is 1630. The maximum absolute atomic E-state index is 12.8. The Morgan fingerprint density at radius 2 is 1.82 bits per heavy atom. The van der Waals surface area contributed by atoms with Crippen molar-refractivity contribution in [1.29, 1.82) is 0 Å². The van der Waals surface area contributed by atoms with E-state index in [2.05, 4.69) is 63.0 Å². The van der Waals surface area contributed by atoms with Gasteiger partial charge in [0.1, 0.15) is 17.9 Å². The lowest BCUT2D eigenvalue weighted by Gasteiger charge is -2.36. The highest BCUT2D eigenvalue weighted by Gasteiger charge is 2.22. The topological polar surface area (TPSA) is 152 Å². The van der Waals surface area contributed by atoms with E-state index < -0.39 is 5.97 Å². The van der Waals surface area contributed by atoms with Crippen molar-refractivity contribution in [2.24, 2.45) is 0 Å². The van der Waals surface area contributed by atoms with Gasteiger partial charge in [-0.05, 0) is 68.2 Å². The number of aliphatic carboxylic acids is 1. The summed E-state index contributed by atoms with van der Waals surface area (Å²) < 4.78 is 13.1. The Hall–Kier alpha value is -4.42. The number of hydrogen-bond acceptors (Lipinski definition) is 9. The van der Waals surface area contributed by atoms with Crippen LogP contribution in [0.4, 0.5) is 5.82 Å². The highest BCUT2D eigenvalue weighted by atomic mass is 16.5. The summed E-state index contributed by atoms with van der Waals surface area (Å²) in [6.07, 6.45) is 4.04. The summed E-state index contributed by atoms with van der Waals surface area (Å²) in [4.78, 5) is 40.0. The molecular weight excluding hydrogens is 574 g/mol. The number of aromatic amines is 1. The van der Waals surface area contributed by atoms with Crippen LogP contribution in [0.3, 0.4) is 0 Å². The lowest BCUT2D eigenvalue weighted by atomic mass is 10.0. The number of carbonyl (C=O) groups is 1. The van der Waals surface area contributed by atoms with E-state index in [0.717, 1.165) is 63.0 Å². The van der Waals surface area contributed by atoms with Gasteiger partial charge in [0.05, 0.1) is 19.6 Å². The molecule has 12 heteroatoms. The smallest absolute Gasteiger partial charge is 0.328 e. The van der Waals surface area contributed by atoms with Gasteiger partial charge in [-0.2, -0.15) is 9.97 Å². The summed E-state index contributed by atoms with van der Waals surface area (Å²) in [6.45, 7) is 7.20. The molecule has 0 unspecified atom stereocenters. The molecule has 0 amide bonds. The average Bonchev–Trinajstić information content (AvgIpc) is 3.33. The summed E-state index contributed by atoms with van der Waals surface area (Å²) in [5.41, 5.74) is 9.60. The Balaban J connectivity index is 1.09. The SMILES string of the molecule is CCCCOc1nc(N)c2[nH]c(=O)n(Cc3ccc(CN(C)C4CCN(CCOc5cccc(CC(=O)O)c5)CC4)cc3)c2n1. The molecule has 0 aliphatic carbocycles. The molecule has 1 saturated heterocycles. The molecule has 2 aromatic heterocycles. The number of unbranched alkanes of at least 4 members (excludes halogenated alkanes) is 1. The van der Waals surface area contributed by atoms with Gasteiger partial charge in [-0.1, -0.05) is 49.7 Å². The molecule has 1 fully saturated rings. The largest absolute Gasteiger partial charge is 0.492 e. The molecule has 5 rings (SSSR count). The van der Waals surface area contributed by atoms with Crippen LogP contribution in [0.25, 0.3) is 11.2 Å². The van der Waals surface area contributed by atoms with Crippen molar-refractivity contribution in [3.8, 4) is 11.8 Å². The quantitative estimate of drug-likeness (QED) is 0.169. The summed E-state index contributed by atoms with van der Waals surface area (Å²) in [5.74, 6) is 0.0597. The van der Waals surface area contributed by atoms with Gasteiger partial charge in [-0.25, -0.2) is 4.79 Å². The third-order valence-electron chi connectivity index (χ3n) is 8.27. The normalized spacial score (nSPS) is 14.3. The fourth-order valence-corrected chi connectivity index (χ4v) is 5.70. The first-order valence-electron chi connectivity index (χ1n) is 15.6. The molecular formula is C33H43N7O5. The van der Waals surface area contributed by atoms with Gasteiger partial charge in [0, 0.05) is 19.1 Å². The first kappa shape index (κ1) is 32.0. The van der Waals surface area contributed by atoms with Gasteiger partial charge in [0.25, 0.3) is 0 Å². The third-order valence-corrected chi connectivity index (χ3v) is 8.27. The van der Waals surface area contributed by atoms with E-state index in [1.807, 2.05) is 12.1 Å². The number of aromatic nitrogens is 4. The Labute approximate surface area is 262 Å². The predicted octanol–water partition coefficient (Wildman–Crippen LogP) is 3.53. The zero-order valence-corrected chi connectivity index (χ0v) is 26.1. The van der Waals surface area contributed by atoms with Gasteiger partial charge >= 0.3 is 17.7 Å². The van der Waals surface area contributed by atoms with E-state index >= 15 is 0 Å². The van der Waals surface area contributed by atoms with E-state index in [1.54, 1.807) is 16.7 Å². The monoisotopic (exact) mass is 617 g/mol. The van der Waals surface area contributed by atoms with Crippen LogP contribution in [0.2, 0.25) is 0 Å². The number of hydrogen-bond donors (Lipinski definition) is 3. The molecule has 240 valence electrons. The van der Waals surface area contributed by atoms with Crippen LogP contribution in [0, 0.1) is 0 Å². The fraction of sp³-hybridized carbons (Fsp3) is 0.455. The minimum absolute atomic E-state index is 0.00332. The lowest BCUT2D eigenvalue weighted by molar-refractivity contribution is -0.136. The number of carboxylic acid groups (broad SMARTS) is 1. The molecule has 0 radical (unpaired) electrons. The number of benzene rings is 2. The predicted molar refractivity (Wildman–Crippen MR) is 173 cm³/mol. The number of rotatable bonds is 15. The number of imidazole rings is 1. The molecule has 0 atom stereocenters. The van der Waals surface area contributed by atoms with Crippen molar-refractivity contribution in [3.05, 3.63) is 75.7 Å². The van der Waals surface area contributed by atoms with Crippen molar-refractivity contribution in [1.82, 2.24) is 29.3 Å². The number of H-pyrrole nitrogens is 1. The summed E-state index contributed by atoms with van der Waals surface area (Å²) >= 11 is 0. The zero-order chi connectivity index (χ0) is 31.8. The van der Waals surface area contributed by atoms with Crippen LogP contribution >= 0.6 is 0 Å². The first-order valence-corrected chi connectivity index (χ1v) is 15.6. The average molecular weight is 618 g/mol. The second-order valence-corrected chi connectivity index (χ2v) is 11.7. The van der Waals surface area contributed by atoms with Crippen molar-refractivity contribution in [2.75, 3.05) is 45.6 Å². The highest BCUT2D eigenvalue weighted by Crippen LogP contribution is 2.21. The molecule has 2 aromatic carbocycles. The summed E-state index contributed by atoms with van der Waals surface area (Å²) in [5, 5.41) is 9.00. The Morgan fingerprint density at radius 1 is 1.07 bits per heavy atom. The lowest BCUT2D eigenvalue weighted by Crippen LogP contribution is -2.44. The molecule has 0 spiro atoms. The number of piperidine rings is 1. The van der Waals surface area contributed by atoms with Crippen LogP contribution in [0.5, 0.6) is 11.8 Å². The second kappa shape index (κ2) is 15.0. The number of ether oxygens (including phenoxy) is 2. The number of anilines is 1. The minimum atomic E-state index is -0.846. The summed E-state index contributed by atoms with van der Waals surface area (Å²) in [7, 11) is 2.18. The van der Waals surface area contributed by atoms with Crippen LogP contribution in [-0.2, 0) is 24.3 Å². The fourth-order valence-electron chi connectivity index (χ4n) is 5.70. The molecule has 1 aliphatic rings. The van der Waals surface area contributed by atoms with E-state index in [0.29, 0.717) is 42.7 Å². The number of nitrogens with two attached hydrogens (primary N) is 1. The zero-order valence-electron chi connectivity index (χ0n) is 26.1. The van der Waals surface area contributed by atoms with E-state index in [-0.39, 0.29) is 23.9 Å². The number of nitrogens with zero attached hydrogens (tertiary/aromatic N) is 5. The molecule has 1 aliphatic heterocycles.